The zero-order valence-electron chi connectivity index (χ0n) is 9.15. The van der Waals surface area contributed by atoms with Crippen LogP contribution >= 0.6 is 0 Å². The lowest BCUT2D eigenvalue weighted by atomic mass is 10.3. The van der Waals surface area contributed by atoms with Gasteiger partial charge >= 0.3 is 0 Å². The third-order valence-corrected chi connectivity index (χ3v) is 4.01. The number of nitrogens with two attached hydrogens (primary N) is 1. The van der Waals surface area contributed by atoms with Gasteiger partial charge in [-0.15, -0.1) is 6.58 Å². The molecule has 0 saturated heterocycles. The third-order valence-electron chi connectivity index (χ3n) is 2.17. The summed E-state index contributed by atoms with van der Waals surface area (Å²) in [5.41, 5.74) is 4.29. The van der Waals surface area contributed by atoms with E-state index in [0.29, 0.717) is 0 Å². The fourth-order valence-corrected chi connectivity index (χ4v) is 2.41. The predicted molar refractivity (Wildman–Crippen MR) is 60.8 cm³/mol. The summed E-state index contributed by atoms with van der Waals surface area (Å²) in [4.78, 5) is -0.652. The van der Waals surface area contributed by atoms with E-state index >= 15 is 0 Å². The zero-order chi connectivity index (χ0) is 13.2. The second kappa shape index (κ2) is 4.80. The Morgan fingerprint density at radius 1 is 1.47 bits per heavy atom. The van der Waals surface area contributed by atoms with E-state index in [2.05, 4.69) is 6.58 Å². The summed E-state index contributed by atoms with van der Waals surface area (Å²) in [6.07, 6.45) is 1.35. The highest BCUT2D eigenvalue weighted by Crippen LogP contribution is 2.24. The van der Waals surface area contributed by atoms with Gasteiger partial charge in [-0.25, -0.2) is 17.2 Å². The third kappa shape index (κ3) is 2.45. The molecule has 0 atom stereocenters. The lowest BCUT2D eigenvalue weighted by Crippen LogP contribution is -2.28. The first-order chi connectivity index (χ1) is 7.82. The standard InChI is InChI=1S/C10H12F2N2O2S/c1-3-6-14(2)17(15,16)8-5-4-7(11)10(13)9(8)12/h3-5H,1,6,13H2,2H3. The summed E-state index contributed by atoms with van der Waals surface area (Å²) in [6.45, 7) is 3.39. The Morgan fingerprint density at radius 3 is 2.59 bits per heavy atom. The number of likely N-dealkylation sites (N-methyl/N-ethyl adjacent to an activating group) is 1. The molecular formula is C10H12F2N2O2S. The van der Waals surface area contributed by atoms with Crippen molar-refractivity contribution in [3.8, 4) is 0 Å². The second-order valence-electron chi connectivity index (χ2n) is 3.35. The van der Waals surface area contributed by atoms with E-state index < -0.39 is 32.2 Å². The maximum absolute atomic E-state index is 13.6. The largest absolute Gasteiger partial charge is 0.394 e. The smallest absolute Gasteiger partial charge is 0.246 e. The minimum Gasteiger partial charge on any atom is -0.394 e. The summed E-state index contributed by atoms with van der Waals surface area (Å²) in [7, 11) is -2.77. The molecule has 0 heterocycles. The average Bonchev–Trinajstić information content (AvgIpc) is 2.26. The van der Waals surface area contributed by atoms with E-state index in [1.165, 1.54) is 13.1 Å². The molecule has 1 aromatic rings. The van der Waals surface area contributed by atoms with Crippen LogP contribution in [0, 0.1) is 11.6 Å². The highest BCUT2D eigenvalue weighted by atomic mass is 32.2. The lowest BCUT2D eigenvalue weighted by molar-refractivity contribution is 0.488. The number of sulfonamides is 1. The Labute approximate surface area is 98.4 Å². The number of benzene rings is 1. The van der Waals surface area contributed by atoms with Crippen molar-refractivity contribution >= 4 is 15.7 Å². The summed E-state index contributed by atoms with van der Waals surface area (Å²) < 4.78 is 51.1. The van der Waals surface area contributed by atoms with Crippen molar-refractivity contribution in [2.75, 3.05) is 19.3 Å². The molecule has 0 amide bonds. The van der Waals surface area contributed by atoms with Gasteiger partial charge in [0.25, 0.3) is 0 Å². The van der Waals surface area contributed by atoms with Crippen molar-refractivity contribution in [2.24, 2.45) is 0 Å². The first kappa shape index (κ1) is 13.6. The molecule has 0 aliphatic rings. The van der Waals surface area contributed by atoms with E-state index in [0.717, 1.165) is 16.4 Å². The van der Waals surface area contributed by atoms with Crippen molar-refractivity contribution in [3.05, 3.63) is 36.4 Å². The molecule has 0 aliphatic carbocycles. The van der Waals surface area contributed by atoms with Gasteiger partial charge in [0.2, 0.25) is 10.0 Å². The van der Waals surface area contributed by atoms with E-state index in [-0.39, 0.29) is 6.54 Å². The summed E-state index contributed by atoms with van der Waals surface area (Å²) >= 11 is 0. The first-order valence-corrected chi connectivity index (χ1v) is 6.07. The quantitative estimate of drug-likeness (QED) is 0.658. The van der Waals surface area contributed by atoms with Crippen LogP contribution in [0.3, 0.4) is 0 Å². The molecule has 17 heavy (non-hydrogen) atoms. The molecule has 1 aromatic carbocycles. The van der Waals surface area contributed by atoms with Gasteiger partial charge in [0, 0.05) is 13.6 Å². The minimum absolute atomic E-state index is 0.0130. The molecule has 1 rings (SSSR count). The number of nitrogen functional groups attached to an aromatic ring is 1. The Morgan fingerprint density at radius 2 is 2.06 bits per heavy atom. The van der Waals surface area contributed by atoms with Crippen LogP contribution < -0.4 is 5.73 Å². The van der Waals surface area contributed by atoms with Crippen molar-refractivity contribution in [1.29, 1.82) is 0 Å². The molecule has 2 N–H and O–H groups in total. The molecule has 0 fully saturated rings. The fraction of sp³-hybridized carbons (Fsp3) is 0.200. The van der Waals surface area contributed by atoms with Crippen molar-refractivity contribution in [3.63, 3.8) is 0 Å². The summed E-state index contributed by atoms with van der Waals surface area (Å²) in [5.74, 6) is -2.27. The Kier molecular flexibility index (Phi) is 3.84. The molecule has 0 unspecified atom stereocenters. The highest BCUT2D eigenvalue weighted by molar-refractivity contribution is 7.89. The van der Waals surface area contributed by atoms with Gasteiger partial charge in [-0.1, -0.05) is 6.08 Å². The molecular weight excluding hydrogens is 250 g/mol. The van der Waals surface area contributed by atoms with Gasteiger partial charge in [0.1, 0.15) is 16.4 Å². The van der Waals surface area contributed by atoms with Crippen molar-refractivity contribution < 1.29 is 17.2 Å². The molecule has 0 aromatic heterocycles. The Balaban J connectivity index is 3.35. The molecule has 0 spiro atoms. The van der Waals surface area contributed by atoms with Crippen LogP contribution in [0.5, 0.6) is 0 Å². The van der Waals surface area contributed by atoms with E-state index in [1.54, 1.807) is 0 Å². The molecule has 0 radical (unpaired) electrons. The number of rotatable bonds is 4. The molecule has 7 heteroatoms. The summed E-state index contributed by atoms with van der Waals surface area (Å²) in [6, 6.07) is 1.66. The van der Waals surface area contributed by atoms with Crippen LogP contribution in [0.25, 0.3) is 0 Å². The van der Waals surface area contributed by atoms with Crippen LogP contribution in [0.1, 0.15) is 0 Å². The average molecular weight is 262 g/mol. The first-order valence-electron chi connectivity index (χ1n) is 4.63. The van der Waals surface area contributed by atoms with E-state index in [9.17, 15) is 17.2 Å². The van der Waals surface area contributed by atoms with Gasteiger partial charge in [0.05, 0.1) is 0 Å². The maximum atomic E-state index is 13.6. The van der Waals surface area contributed by atoms with Gasteiger partial charge in [-0.3, -0.25) is 0 Å². The van der Waals surface area contributed by atoms with Crippen LogP contribution in [-0.4, -0.2) is 26.3 Å². The SMILES string of the molecule is C=CCN(C)S(=O)(=O)c1ccc(F)c(N)c1F. The van der Waals surface area contributed by atoms with Crippen LogP contribution in [0.15, 0.2) is 29.7 Å². The molecule has 0 aliphatic heterocycles. The van der Waals surface area contributed by atoms with Gasteiger partial charge in [-0.05, 0) is 12.1 Å². The van der Waals surface area contributed by atoms with Gasteiger partial charge in [0.15, 0.2) is 5.82 Å². The number of hydrogen-bond donors (Lipinski definition) is 1. The topological polar surface area (TPSA) is 63.4 Å². The Bertz CT molecular complexity index is 543. The van der Waals surface area contributed by atoms with Crippen LogP contribution in [0.2, 0.25) is 0 Å². The number of halogens is 2. The number of anilines is 1. The van der Waals surface area contributed by atoms with Gasteiger partial charge in [-0.2, -0.15) is 4.31 Å². The van der Waals surface area contributed by atoms with Crippen molar-refractivity contribution in [2.45, 2.75) is 4.90 Å². The van der Waals surface area contributed by atoms with Crippen LogP contribution in [-0.2, 0) is 10.0 Å². The predicted octanol–water partition coefficient (Wildman–Crippen LogP) is 1.35. The highest BCUT2D eigenvalue weighted by Gasteiger charge is 2.25. The molecule has 0 bridgehead atoms. The fourth-order valence-electron chi connectivity index (χ4n) is 1.20. The maximum Gasteiger partial charge on any atom is 0.246 e. The number of hydrogen-bond acceptors (Lipinski definition) is 3. The Hall–Kier alpha value is -1.47. The normalized spacial score (nSPS) is 11.8. The van der Waals surface area contributed by atoms with Gasteiger partial charge < -0.3 is 5.73 Å². The monoisotopic (exact) mass is 262 g/mol. The minimum atomic E-state index is -4.03. The zero-order valence-corrected chi connectivity index (χ0v) is 9.97. The van der Waals surface area contributed by atoms with Crippen LogP contribution in [0.4, 0.5) is 14.5 Å². The molecule has 94 valence electrons. The number of nitrogens with zero attached hydrogens (tertiary/aromatic N) is 1. The van der Waals surface area contributed by atoms with E-state index in [1.807, 2.05) is 0 Å². The van der Waals surface area contributed by atoms with E-state index in [4.69, 9.17) is 5.73 Å². The summed E-state index contributed by atoms with van der Waals surface area (Å²) in [5, 5.41) is 0. The molecule has 4 nitrogen and oxygen atoms in total. The molecule has 0 saturated carbocycles. The lowest BCUT2D eigenvalue weighted by Gasteiger charge is -2.16. The second-order valence-corrected chi connectivity index (χ2v) is 5.36. The van der Waals surface area contributed by atoms with Crippen molar-refractivity contribution in [1.82, 2.24) is 4.31 Å².